The second-order valence-electron chi connectivity index (χ2n) is 6.19. The summed E-state index contributed by atoms with van der Waals surface area (Å²) in [7, 11) is 0. The molecule has 2 N–H and O–H groups in total. The highest BCUT2D eigenvalue weighted by Gasteiger charge is 2.29. The van der Waals surface area contributed by atoms with Crippen LogP contribution in [0, 0.1) is 0 Å². The minimum absolute atomic E-state index is 0.218. The average molecular weight is 269 g/mol. The summed E-state index contributed by atoms with van der Waals surface area (Å²) in [6.45, 7) is 7.72. The first-order valence-electron chi connectivity index (χ1n) is 7.77. The summed E-state index contributed by atoms with van der Waals surface area (Å²) in [6, 6.07) is 1.36. The molecule has 19 heavy (non-hydrogen) atoms. The van der Waals surface area contributed by atoms with Gasteiger partial charge >= 0.3 is 0 Å². The molecular weight excluding hydrogens is 242 g/mol. The van der Waals surface area contributed by atoms with Crippen molar-refractivity contribution >= 4 is 0 Å². The van der Waals surface area contributed by atoms with Crippen LogP contribution in [0.25, 0.3) is 0 Å². The molecule has 110 valence electrons. The van der Waals surface area contributed by atoms with Crippen molar-refractivity contribution in [2.45, 2.75) is 37.5 Å². The predicted octanol–water partition coefficient (Wildman–Crippen LogP) is -0.494. The van der Waals surface area contributed by atoms with Gasteiger partial charge in [0.05, 0.1) is 19.3 Å². The number of nitrogens with one attached hydrogen (secondary N) is 1. The largest absolute Gasteiger partial charge is 0.390 e. The van der Waals surface area contributed by atoms with E-state index in [0.717, 1.165) is 52.5 Å². The van der Waals surface area contributed by atoms with Crippen molar-refractivity contribution in [3.05, 3.63) is 0 Å². The molecule has 0 spiro atoms. The van der Waals surface area contributed by atoms with Crippen LogP contribution >= 0.6 is 0 Å². The second-order valence-corrected chi connectivity index (χ2v) is 6.19. The maximum atomic E-state index is 10.0. The Hall–Kier alpha value is -0.200. The van der Waals surface area contributed by atoms with Crippen molar-refractivity contribution in [3.8, 4) is 0 Å². The maximum absolute atomic E-state index is 10.0. The van der Waals surface area contributed by atoms with Gasteiger partial charge in [-0.15, -0.1) is 0 Å². The highest BCUT2D eigenvalue weighted by atomic mass is 16.5. The number of likely N-dealkylation sites (tertiary alicyclic amines) is 1. The third-order valence-corrected chi connectivity index (χ3v) is 4.50. The van der Waals surface area contributed by atoms with Crippen LogP contribution in [-0.2, 0) is 4.74 Å². The SMILES string of the molecule is OC(CNC1CC1)CN1CCC(N2CCOCC2)C1. The van der Waals surface area contributed by atoms with Crippen LogP contribution in [0.1, 0.15) is 19.3 Å². The van der Waals surface area contributed by atoms with Gasteiger partial charge in [0.15, 0.2) is 0 Å². The van der Waals surface area contributed by atoms with Gasteiger partial charge in [-0.1, -0.05) is 0 Å². The Kier molecular flexibility index (Phi) is 4.71. The molecule has 1 aliphatic carbocycles. The van der Waals surface area contributed by atoms with E-state index in [4.69, 9.17) is 4.74 Å². The minimum Gasteiger partial charge on any atom is -0.390 e. The lowest BCUT2D eigenvalue weighted by Gasteiger charge is -2.32. The van der Waals surface area contributed by atoms with Gasteiger partial charge in [0.2, 0.25) is 0 Å². The van der Waals surface area contributed by atoms with Crippen molar-refractivity contribution in [3.63, 3.8) is 0 Å². The lowest BCUT2D eigenvalue weighted by atomic mass is 10.2. The molecule has 3 aliphatic rings. The average Bonchev–Trinajstić information content (AvgIpc) is 3.16. The zero-order valence-electron chi connectivity index (χ0n) is 11.8. The molecule has 2 heterocycles. The van der Waals surface area contributed by atoms with Crippen LogP contribution in [0.2, 0.25) is 0 Å². The fourth-order valence-electron chi connectivity index (χ4n) is 3.17. The number of rotatable bonds is 6. The number of ether oxygens (including phenoxy) is 1. The van der Waals surface area contributed by atoms with Gasteiger partial charge in [0.25, 0.3) is 0 Å². The minimum atomic E-state index is -0.218. The van der Waals surface area contributed by atoms with E-state index in [1.54, 1.807) is 0 Å². The van der Waals surface area contributed by atoms with Gasteiger partial charge in [-0.25, -0.2) is 0 Å². The van der Waals surface area contributed by atoms with Crippen LogP contribution in [-0.4, -0.2) is 85.6 Å². The summed E-state index contributed by atoms with van der Waals surface area (Å²) >= 11 is 0. The van der Waals surface area contributed by atoms with Crippen molar-refractivity contribution < 1.29 is 9.84 Å². The van der Waals surface area contributed by atoms with E-state index < -0.39 is 0 Å². The van der Waals surface area contributed by atoms with Crippen LogP contribution in [0.3, 0.4) is 0 Å². The molecule has 2 atom stereocenters. The molecule has 0 aromatic carbocycles. The third-order valence-electron chi connectivity index (χ3n) is 4.50. The Morgan fingerprint density at radius 3 is 2.68 bits per heavy atom. The van der Waals surface area contributed by atoms with E-state index in [0.29, 0.717) is 12.1 Å². The number of β-amino-alcohol motifs (C(OH)–C–C–N with tert-alkyl or cyclic N) is 1. The molecule has 3 rings (SSSR count). The number of hydrogen-bond acceptors (Lipinski definition) is 5. The van der Waals surface area contributed by atoms with Crippen molar-refractivity contribution in [2.24, 2.45) is 0 Å². The van der Waals surface area contributed by atoms with Crippen LogP contribution in [0.5, 0.6) is 0 Å². The van der Waals surface area contributed by atoms with Gasteiger partial charge < -0.3 is 15.2 Å². The number of aliphatic hydroxyl groups is 1. The van der Waals surface area contributed by atoms with Crippen molar-refractivity contribution in [1.82, 2.24) is 15.1 Å². The van der Waals surface area contributed by atoms with Gasteiger partial charge in [0, 0.05) is 44.8 Å². The fraction of sp³-hybridized carbons (Fsp3) is 1.00. The summed E-state index contributed by atoms with van der Waals surface area (Å²) in [6.07, 6.45) is 3.59. The molecular formula is C14H27N3O2. The van der Waals surface area contributed by atoms with E-state index >= 15 is 0 Å². The number of morpholine rings is 1. The molecule has 0 aromatic heterocycles. The smallest absolute Gasteiger partial charge is 0.0791 e. The highest BCUT2D eigenvalue weighted by Crippen LogP contribution is 2.19. The number of hydrogen-bond donors (Lipinski definition) is 2. The van der Waals surface area contributed by atoms with Gasteiger partial charge in [-0.05, 0) is 25.8 Å². The summed E-state index contributed by atoms with van der Waals surface area (Å²) in [5.74, 6) is 0. The molecule has 3 fully saturated rings. The van der Waals surface area contributed by atoms with Crippen molar-refractivity contribution in [1.29, 1.82) is 0 Å². The molecule has 0 amide bonds. The van der Waals surface area contributed by atoms with Gasteiger partial charge in [0.1, 0.15) is 0 Å². The predicted molar refractivity (Wildman–Crippen MR) is 74.3 cm³/mol. The molecule has 2 saturated heterocycles. The summed E-state index contributed by atoms with van der Waals surface area (Å²) in [4.78, 5) is 4.97. The van der Waals surface area contributed by atoms with E-state index in [2.05, 4.69) is 15.1 Å². The normalized spacial score (nSPS) is 31.7. The Bertz CT molecular complexity index is 280. The molecule has 2 unspecified atom stereocenters. The first-order chi connectivity index (χ1) is 9.31. The van der Waals surface area contributed by atoms with Crippen molar-refractivity contribution in [2.75, 3.05) is 52.5 Å². The van der Waals surface area contributed by atoms with Crippen LogP contribution in [0.15, 0.2) is 0 Å². The lowest BCUT2D eigenvalue weighted by molar-refractivity contribution is 0.0174. The topological polar surface area (TPSA) is 48.0 Å². The first-order valence-corrected chi connectivity index (χ1v) is 7.77. The van der Waals surface area contributed by atoms with Crippen LogP contribution in [0.4, 0.5) is 0 Å². The molecule has 5 nitrogen and oxygen atoms in total. The van der Waals surface area contributed by atoms with E-state index in [1.165, 1.54) is 19.3 Å². The van der Waals surface area contributed by atoms with E-state index in [1.807, 2.05) is 0 Å². The third kappa shape index (κ3) is 4.13. The molecule has 0 bridgehead atoms. The Morgan fingerprint density at radius 1 is 1.16 bits per heavy atom. The van der Waals surface area contributed by atoms with Gasteiger partial charge in [-0.2, -0.15) is 0 Å². The molecule has 0 radical (unpaired) electrons. The molecule has 2 aliphatic heterocycles. The molecule has 5 heteroatoms. The van der Waals surface area contributed by atoms with Crippen LogP contribution < -0.4 is 5.32 Å². The standard InChI is InChI=1S/C14H27N3O2/c18-14(9-15-12-1-2-12)11-16-4-3-13(10-16)17-5-7-19-8-6-17/h12-15,18H,1-11H2. The van der Waals surface area contributed by atoms with E-state index in [-0.39, 0.29) is 6.10 Å². The summed E-state index contributed by atoms with van der Waals surface area (Å²) < 4.78 is 5.41. The number of nitrogens with zero attached hydrogens (tertiary/aromatic N) is 2. The van der Waals surface area contributed by atoms with E-state index in [9.17, 15) is 5.11 Å². The molecule has 1 saturated carbocycles. The second kappa shape index (κ2) is 6.50. The molecule has 0 aromatic rings. The quantitative estimate of drug-likeness (QED) is 0.681. The first kappa shape index (κ1) is 13.8. The Balaban J connectivity index is 1.35. The lowest BCUT2D eigenvalue weighted by Crippen LogP contribution is -2.45. The highest BCUT2D eigenvalue weighted by molar-refractivity contribution is 4.87. The number of aliphatic hydroxyl groups excluding tert-OH is 1. The Labute approximate surface area is 115 Å². The zero-order chi connectivity index (χ0) is 13.1. The zero-order valence-corrected chi connectivity index (χ0v) is 11.8. The Morgan fingerprint density at radius 2 is 1.95 bits per heavy atom. The monoisotopic (exact) mass is 269 g/mol. The summed E-state index contributed by atoms with van der Waals surface area (Å²) in [5.41, 5.74) is 0. The van der Waals surface area contributed by atoms with Gasteiger partial charge in [-0.3, -0.25) is 9.80 Å². The fourth-order valence-corrected chi connectivity index (χ4v) is 3.17. The summed E-state index contributed by atoms with van der Waals surface area (Å²) in [5, 5.41) is 13.4. The maximum Gasteiger partial charge on any atom is 0.0791 e.